The van der Waals surface area contributed by atoms with Crippen LogP contribution in [0.1, 0.15) is 26.7 Å². The molecule has 0 aromatic carbocycles. The second kappa shape index (κ2) is 6.16. The second-order valence-corrected chi connectivity index (χ2v) is 6.52. The molecule has 2 atom stereocenters. The Labute approximate surface area is 108 Å². The van der Waals surface area contributed by atoms with Crippen molar-refractivity contribution in [2.75, 3.05) is 19.7 Å². The van der Waals surface area contributed by atoms with Gasteiger partial charge in [-0.2, -0.15) is 9.57 Å². The minimum atomic E-state index is -3.63. The first kappa shape index (κ1) is 14.9. The van der Waals surface area contributed by atoms with Gasteiger partial charge in [0.05, 0.1) is 18.6 Å². The summed E-state index contributed by atoms with van der Waals surface area (Å²) in [5.74, 6) is -0.777. The number of carbonyl (C=O) groups excluding carboxylic acids is 1. The van der Waals surface area contributed by atoms with Crippen molar-refractivity contribution in [3.63, 3.8) is 0 Å². The zero-order chi connectivity index (χ0) is 13.8. The van der Waals surface area contributed by atoms with Crippen LogP contribution in [0.5, 0.6) is 0 Å². The van der Waals surface area contributed by atoms with Crippen LogP contribution in [0.3, 0.4) is 0 Å². The summed E-state index contributed by atoms with van der Waals surface area (Å²) in [6.45, 7) is 3.84. The number of hydrogen-bond acceptors (Lipinski definition) is 5. The molecule has 1 rings (SSSR count). The van der Waals surface area contributed by atoms with Crippen LogP contribution in [0.15, 0.2) is 0 Å². The van der Waals surface area contributed by atoms with Crippen molar-refractivity contribution in [1.82, 2.24) is 4.31 Å². The highest BCUT2D eigenvalue weighted by atomic mass is 32.2. The molecule has 7 heteroatoms. The van der Waals surface area contributed by atoms with Crippen molar-refractivity contribution in [3.05, 3.63) is 0 Å². The highest BCUT2D eigenvalue weighted by Crippen LogP contribution is 2.22. The first-order valence-electron chi connectivity index (χ1n) is 5.98. The molecule has 102 valence electrons. The van der Waals surface area contributed by atoms with Crippen LogP contribution < -0.4 is 0 Å². The van der Waals surface area contributed by atoms with E-state index in [0.717, 1.165) is 0 Å². The first-order chi connectivity index (χ1) is 8.43. The average Bonchev–Trinajstić information content (AvgIpc) is 2.38. The molecular formula is C11H18N2O4S. The van der Waals surface area contributed by atoms with E-state index < -0.39 is 21.2 Å². The Balaban J connectivity index is 2.76. The fourth-order valence-electron chi connectivity index (χ4n) is 1.92. The highest BCUT2D eigenvalue weighted by molar-refractivity contribution is 7.89. The fourth-order valence-corrected chi connectivity index (χ4v) is 3.27. The van der Waals surface area contributed by atoms with Crippen molar-refractivity contribution in [3.8, 4) is 6.07 Å². The number of hydrogen-bond donors (Lipinski definition) is 0. The summed E-state index contributed by atoms with van der Waals surface area (Å²) in [6.07, 6.45) is 1.24. The van der Waals surface area contributed by atoms with Gasteiger partial charge in [0.1, 0.15) is 0 Å². The Morgan fingerprint density at radius 3 is 2.83 bits per heavy atom. The molecule has 1 fully saturated rings. The molecule has 0 amide bonds. The molecule has 1 heterocycles. The van der Waals surface area contributed by atoms with Gasteiger partial charge >= 0.3 is 5.97 Å². The maximum absolute atomic E-state index is 12.0. The Morgan fingerprint density at radius 2 is 2.28 bits per heavy atom. The second-order valence-electron chi connectivity index (χ2n) is 4.27. The van der Waals surface area contributed by atoms with Crippen molar-refractivity contribution in [2.24, 2.45) is 5.92 Å². The Kier molecular flexibility index (Phi) is 5.11. The van der Waals surface area contributed by atoms with E-state index >= 15 is 0 Å². The summed E-state index contributed by atoms with van der Waals surface area (Å²) in [5, 5.41) is 7.63. The molecule has 0 bridgehead atoms. The monoisotopic (exact) mass is 274 g/mol. The van der Waals surface area contributed by atoms with Crippen molar-refractivity contribution >= 4 is 16.0 Å². The van der Waals surface area contributed by atoms with Gasteiger partial charge in [-0.05, 0) is 26.7 Å². The van der Waals surface area contributed by atoms with Crippen molar-refractivity contribution in [1.29, 1.82) is 5.26 Å². The number of ether oxygens (including phenoxy) is 1. The summed E-state index contributed by atoms with van der Waals surface area (Å²) in [7, 11) is -3.63. The van der Waals surface area contributed by atoms with Crippen LogP contribution in [-0.4, -0.2) is 43.6 Å². The molecule has 6 nitrogen and oxygen atoms in total. The molecule has 1 saturated heterocycles. The molecule has 0 aromatic heterocycles. The predicted molar refractivity (Wildman–Crippen MR) is 64.9 cm³/mol. The van der Waals surface area contributed by atoms with Crippen molar-refractivity contribution < 1.29 is 17.9 Å². The normalized spacial score (nSPS) is 23.1. The van der Waals surface area contributed by atoms with Gasteiger partial charge in [-0.25, -0.2) is 8.42 Å². The number of esters is 1. The van der Waals surface area contributed by atoms with E-state index in [1.165, 1.54) is 11.2 Å². The van der Waals surface area contributed by atoms with Gasteiger partial charge in [-0.3, -0.25) is 4.79 Å². The van der Waals surface area contributed by atoms with Gasteiger partial charge < -0.3 is 4.74 Å². The molecule has 0 N–H and O–H groups in total. The Hall–Kier alpha value is -1.13. The maximum Gasteiger partial charge on any atom is 0.310 e. The summed E-state index contributed by atoms with van der Waals surface area (Å²) < 4.78 is 30.1. The lowest BCUT2D eigenvalue weighted by molar-refractivity contribution is -0.149. The number of carbonyl (C=O) groups is 1. The third kappa shape index (κ3) is 3.21. The smallest absolute Gasteiger partial charge is 0.310 e. The van der Waals surface area contributed by atoms with Gasteiger partial charge in [0.2, 0.25) is 10.0 Å². The topological polar surface area (TPSA) is 87.5 Å². The largest absolute Gasteiger partial charge is 0.466 e. The molecule has 18 heavy (non-hydrogen) atoms. The third-order valence-electron chi connectivity index (χ3n) is 2.99. The molecule has 1 aliphatic rings. The maximum atomic E-state index is 12.0. The lowest BCUT2D eigenvalue weighted by atomic mass is 10.0. The van der Waals surface area contributed by atoms with Crippen LogP contribution in [-0.2, 0) is 19.6 Å². The Bertz CT molecular complexity index is 440. The number of sulfonamides is 1. The number of rotatable bonds is 4. The molecule has 0 aliphatic carbocycles. The minimum Gasteiger partial charge on any atom is -0.466 e. The molecule has 1 aliphatic heterocycles. The zero-order valence-electron chi connectivity index (χ0n) is 10.6. The van der Waals surface area contributed by atoms with E-state index in [2.05, 4.69) is 0 Å². The lowest BCUT2D eigenvalue weighted by Crippen LogP contribution is -2.45. The predicted octanol–water partition coefficient (Wildman–Crippen LogP) is 0.503. The molecule has 0 saturated carbocycles. The quantitative estimate of drug-likeness (QED) is 0.697. The standard InChI is InChI=1S/C11H18N2O4S/c1-3-17-11(14)10-5-4-6-13(8-10)18(15,16)9(2)7-12/h9-10H,3-6,8H2,1-2H3/t9?,10-/m0/s1. The summed E-state index contributed by atoms with van der Waals surface area (Å²) in [5.41, 5.74) is 0. The minimum absolute atomic E-state index is 0.118. The fraction of sp³-hybridized carbons (Fsp3) is 0.818. The number of nitriles is 1. The SMILES string of the molecule is CCOC(=O)[C@H]1CCCN(S(=O)(=O)C(C)C#N)C1. The molecule has 0 radical (unpaired) electrons. The van der Waals surface area contributed by atoms with Gasteiger partial charge in [0.15, 0.2) is 5.25 Å². The van der Waals surface area contributed by atoms with E-state index in [1.807, 2.05) is 0 Å². The van der Waals surface area contributed by atoms with Crippen LogP contribution in [0, 0.1) is 17.2 Å². The van der Waals surface area contributed by atoms with E-state index in [-0.39, 0.29) is 19.1 Å². The summed E-state index contributed by atoms with van der Waals surface area (Å²) >= 11 is 0. The van der Waals surface area contributed by atoms with E-state index in [9.17, 15) is 13.2 Å². The zero-order valence-corrected chi connectivity index (χ0v) is 11.4. The van der Waals surface area contributed by atoms with Gasteiger partial charge in [0.25, 0.3) is 0 Å². The third-order valence-corrected chi connectivity index (χ3v) is 5.04. The summed E-state index contributed by atoms with van der Waals surface area (Å²) in [4.78, 5) is 11.6. The van der Waals surface area contributed by atoms with Gasteiger partial charge in [0, 0.05) is 13.1 Å². The number of nitrogens with zero attached hydrogens (tertiary/aromatic N) is 2. The van der Waals surface area contributed by atoms with Crippen LogP contribution in [0.25, 0.3) is 0 Å². The number of piperidine rings is 1. The van der Waals surface area contributed by atoms with Crippen LogP contribution >= 0.6 is 0 Å². The van der Waals surface area contributed by atoms with Gasteiger partial charge in [-0.1, -0.05) is 0 Å². The van der Waals surface area contributed by atoms with Gasteiger partial charge in [-0.15, -0.1) is 0 Å². The van der Waals surface area contributed by atoms with Crippen molar-refractivity contribution in [2.45, 2.75) is 31.9 Å². The molecule has 0 aromatic rings. The summed E-state index contributed by atoms with van der Waals surface area (Å²) in [6, 6.07) is 1.73. The average molecular weight is 274 g/mol. The Morgan fingerprint density at radius 1 is 1.61 bits per heavy atom. The molecule has 1 unspecified atom stereocenters. The highest BCUT2D eigenvalue weighted by Gasteiger charge is 2.35. The first-order valence-corrected chi connectivity index (χ1v) is 7.49. The van der Waals surface area contributed by atoms with E-state index in [0.29, 0.717) is 19.4 Å². The van der Waals surface area contributed by atoms with Crippen LogP contribution in [0.4, 0.5) is 0 Å². The van der Waals surface area contributed by atoms with Crippen LogP contribution in [0.2, 0.25) is 0 Å². The lowest BCUT2D eigenvalue weighted by Gasteiger charge is -2.31. The molecule has 0 spiro atoms. The molecular weight excluding hydrogens is 256 g/mol. The van der Waals surface area contributed by atoms with E-state index in [4.69, 9.17) is 10.00 Å². The van der Waals surface area contributed by atoms with E-state index in [1.54, 1.807) is 13.0 Å².